The summed E-state index contributed by atoms with van der Waals surface area (Å²) in [5.41, 5.74) is 1.63. The number of rotatable bonds is 9. The van der Waals surface area contributed by atoms with E-state index in [1.807, 2.05) is 36.4 Å². The van der Waals surface area contributed by atoms with Crippen LogP contribution in [0.3, 0.4) is 0 Å². The van der Waals surface area contributed by atoms with Gasteiger partial charge in [0.1, 0.15) is 6.61 Å². The topological polar surface area (TPSA) is 80.7 Å². The van der Waals surface area contributed by atoms with E-state index >= 15 is 0 Å². The molecule has 27 heavy (non-hydrogen) atoms. The zero-order valence-electron chi connectivity index (χ0n) is 15.7. The van der Waals surface area contributed by atoms with Crippen molar-refractivity contribution in [1.82, 2.24) is 0 Å². The molecule has 0 aliphatic heterocycles. The van der Waals surface area contributed by atoms with Crippen LogP contribution in [0.5, 0.6) is 0 Å². The lowest BCUT2D eigenvalue weighted by atomic mass is 9.98. The van der Waals surface area contributed by atoms with E-state index in [1.165, 1.54) is 13.8 Å². The van der Waals surface area contributed by atoms with E-state index in [-0.39, 0.29) is 18.8 Å². The minimum Gasteiger partial charge on any atom is -0.461 e. The van der Waals surface area contributed by atoms with E-state index in [9.17, 15) is 18.3 Å². The molecule has 6 heteroatoms. The number of carbonyl (C=O) groups is 1. The van der Waals surface area contributed by atoms with Crippen LogP contribution in [0.4, 0.5) is 0 Å². The molecular weight excluding hydrogens is 364 g/mol. The molecule has 1 atom stereocenters. The van der Waals surface area contributed by atoms with Crippen molar-refractivity contribution >= 4 is 15.8 Å². The molecule has 2 aromatic carbocycles. The fraction of sp³-hybridized carbons (Fsp3) is 0.381. The zero-order chi connectivity index (χ0) is 19.9. The Bertz CT molecular complexity index is 829. The maximum Gasteiger partial charge on any atom is 0.306 e. The second-order valence-electron chi connectivity index (χ2n) is 7.16. The summed E-state index contributed by atoms with van der Waals surface area (Å²) in [6, 6.07) is 18.4. The Morgan fingerprint density at radius 3 is 2.15 bits per heavy atom. The summed E-state index contributed by atoms with van der Waals surface area (Å²) in [6.45, 7) is 2.64. The standard InChI is InChI=1S/C21H26O5S/c1-21(2,16-22)27(24,25)15-19(18-11-7-4-8-12-18)13-20(23)26-14-17-9-5-3-6-10-17/h3-12,19,22H,13-16H2,1-2H3. The fourth-order valence-corrected chi connectivity index (χ4v) is 4.07. The normalized spacial score (nSPS) is 13.1. The van der Waals surface area contributed by atoms with Gasteiger partial charge in [-0.25, -0.2) is 8.42 Å². The van der Waals surface area contributed by atoms with Crippen LogP contribution >= 0.6 is 0 Å². The summed E-state index contributed by atoms with van der Waals surface area (Å²) in [4.78, 5) is 12.3. The van der Waals surface area contributed by atoms with Gasteiger partial charge in [0.15, 0.2) is 9.84 Å². The lowest BCUT2D eigenvalue weighted by Crippen LogP contribution is -2.39. The highest BCUT2D eigenvalue weighted by atomic mass is 32.2. The summed E-state index contributed by atoms with van der Waals surface area (Å²) in [5, 5.41) is 9.43. The number of hydrogen-bond acceptors (Lipinski definition) is 5. The molecule has 0 bridgehead atoms. The number of sulfone groups is 1. The van der Waals surface area contributed by atoms with E-state index in [2.05, 4.69) is 0 Å². The van der Waals surface area contributed by atoms with Gasteiger partial charge in [-0.2, -0.15) is 0 Å². The molecule has 0 amide bonds. The highest BCUT2D eigenvalue weighted by Gasteiger charge is 2.36. The van der Waals surface area contributed by atoms with Gasteiger partial charge >= 0.3 is 5.97 Å². The van der Waals surface area contributed by atoms with Crippen LogP contribution in [0.2, 0.25) is 0 Å². The number of aliphatic hydroxyl groups excluding tert-OH is 1. The first kappa shape index (κ1) is 21.1. The third-order valence-electron chi connectivity index (χ3n) is 4.57. The molecule has 0 aliphatic rings. The molecule has 1 N–H and O–H groups in total. The van der Waals surface area contributed by atoms with Gasteiger partial charge in [0, 0.05) is 5.92 Å². The van der Waals surface area contributed by atoms with Crippen molar-refractivity contribution in [2.75, 3.05) is 12.4 Å². The third kappa shape index (κ3) is 5.91. The molecule has 0 saturated carbocycles. The second kappa shape index (κ2) is 9.15. The molecule has 0 radical (unpaired) electrons. The minimum atomic E-state index is -3.63. The van der Waals surface area contributed by atoms with E-state index in [0.29, 0.717) is 0 Å². The number of carbonyl (C=O) groups excluding carboxylic acids is 1. The first-order valence-electron chi connectivity index (χ1n) is 8.83. The van der Waals surface area contributed by atoms with Crippen LogP contribution in [-0.4, -0.2) is 36.6 Å². The largest absolute Gasteiger partial charge is 0.461 e. The Balaban J connectivity index is 2.12. The molecule has 146 valence electrons. The maximum atomic E-state index is 12.7. The van der Waals surface area contributed by atoms with Crippen LogP contribution in [0, 0.1) is 0 Å². The fourth-order valence-electron chi connectivity index (χ4n) is 2.59. The van der Waals surface area contributed by atoms with Gasteiger partial charge in [0.2, 0.25) is 0 Å². The van der Waals surface area contributed by atoms with Gasteiger partial charge in [0.25, 0.3) is 0 Å². The third-order valence-corrected chi connectivity index (χ3v) is 7.22. The first-order chi connectivity index (χ1) is 12.7. The molecular formula is C21H26O5S. The second-order valence-corrected chi connectivity index (χ2v) is 9.83. The average molecular weight is 391 g/mol. The highest BCUT2D eigenvalue weighted by molar-refractivity contribution is 7.92. The lowest BCUT2D eigenvalue weighted by molar-refractivity contribution is -0.145. The Labute approximate surface area is 160 Å². The molecule has 0 fully saturated rings. The van der Waals surface area contributed by atoms with Crippen molar-refractivity contribution in [3.8, 4) is 0 Å². The summed E-state index contributed by atoms with van der Waals surface area (Å²) in [6.07, 6.45) is -0.0441. The molecule has 0 aromatic heterocycles. The predicted molar refractivity (Wildman–Crippen MR) is 105 cm³/mol. The van der Waals surface area contributed by atoms with Gasteiger partial charge in [-0.1, -0.05) is 60.7 Å². The van der Waals surface area contributed by atoms with Gasteiger partial charge in [-0.3, -0.25) is 4.79 Å². The average Bonchev–Trinajstić information content (AvgIpc) is 2.67. The molecule has 0 spiro atoms. The Morgan fingerprint density at radius 1 is 1.04 bits per heavy atom. The predicted octanol–water partition coefficient (Wildman–Crippen LogP) is 3.09. The molecule has 1 unspecified atom stereocenters. The zero-order valence-corrected chi connectivity index (χ0v) is 16.5. The van der Waals surface area contributed by atoms with Crippen molar-refractivity contribution in [3.05, 3.63) is 71.8 Å². The Hall–Kier alpha value is -2.18. The van der Waals surface area contributed by atoms with Gasteiger partial charge in [-0.15, -0.1) is 0 Å². The van der Waals surface area contributed by atoms with Crippen molar-refractivity contribution < 1.29 is 23.1 Å². The first-order valence-corrected chi connectivity index (χ1v) is 10.5. The SMILES string of the molecule is CC(C)(CO)S(=O)(=O)CC(CC(=O)OCc1ccccc1)c1ccccc1. The van der Waals surface area contributed by atoms with E-state index < -0.39 is 33.1 Å². The molecule has 2 rings (SSSR count). The van der Waals surface area contributed by atoms with Crippen molar-refractivity contribution in [1.29, 1.82) is 0 Å². The summed E-state index contributed by atoms with van der Waals surface area (Å²) in [5.74, 6) is -1.22. The van der Waals surface area contributed by atoms with Gasteiger partial charge in [0.05, 0.1) is 23.5 Å². The molecule has 0 saturated heterocycles. The summed E-state index contributed by atoms with van der Waals surface area (Å²) < 4.78 is 29.5. The minimum absolute atomic E-state index is 0.0441. The van der Waals surface area contributed by atoms with Crippen molar-refractivity contribution in [2.45, 2.75) is 37.5 Å². The van der Waals surface area contributed by atoms with Crippen LogP contribution < -0.4 is 0 Å². The number of aliphatic hydroxyl groups is 1. The molecule has 2 aromatic rings. The van der Waals surface area contributed by atoms with Crippen molar-refractivity contribution in [2.24, 2.45) is 0 Å². The number of benzene rings is 2. The van der Waals surface area contributed by atoms with Gasteiger partial charge in [-0.05, 0) is 25.0 Å². The number of esters is 1. The van der Waals surface area contributed by atoms with Crippen LogP contribution in [0.15, 0.2) is 60.7 Å². The van der Waals surface area contributed by atoms with Crippen LogP contribution in [0.25, 0.3) is 0 Å². The van der Waals surface area contributed by atoms with Gasteiger partial charge < -0.3 is 9.84 Å². The van der Waals surface area contributed by atoms with E-state index in [4.69, 9.17) is 4.74 Å². The summed E-state index contributed by atoms with van der Waals surface area (Å²) in [7, 11) is -3.63. The number of ether oxygens (including phenoxy) is 1. The Morgan fingerprint density at radius 2 is 1.59 bits per heavy atom. The van der Waals surface area contributed by atoms with Crippen LogP contribution in [-0.2, 0) is 26.0 Å². The Kier molecular flexibility index (Phi) is 7.16. The molecule has 0 aliphatic carbocycles. The molecule has 0 heterocycles. The highest BCUT2D eigenvalue weighted by Crippen LogP contribution is 2.27. The quantitative estimate of drug-likeness (QED) is 0.666. The lowest BCUT2D eigenvalue weighted by Gasteiger charge is -2.25. The van der Waals surface area contributed by atoms with Crippen molar-refractivity contribution in [3.63, 3.8) is 0 Å². The van der Waals surface area contributed by atoms with E-state index in [0.717, 1.165) is 11.1 Å². The van der Waals surface area contributed by atoms with E-state index in [1.54, 1.807) is 24.3 Å². The number of hydrogen-bond donors (Lipinski definition) is 1. The smallest absolute Gasteiger partial charge is 0.306 e. The summed E-state index contributed by atoms with van der Waals surface area (Å²) >= 11 is 0. The van der Waals surface area contributed by atoms with Crippen LogP contribution in [0.1, 0.15) is 37.3 Å². The monoisotopic (exact) mass is 390 g/mol. The maximum absolute atomic E-state index is 12.7. The molecule has 5 nitrogen and oxygen atoms in total.